The molecule has 9 atom stereocenters. The minimum atomic E-state index is 0.510. The van der Waals surface area contributed by atoms with Gasteiger partial charge in [-0.15, -0.1) is 0 Å². The van der Waals surface area contributed by atoms with Crippen molar-refractivity contribution in [1.82, 2.24) is 9.78 Å². The highest BCUT2D eigenvalue weighted by Gasteiger charge is 2.60. The Bertz CT molecular complexity index is 836. The van der Waals surface area contributed by atoms with Crippen molar-refractivity contribution in [2.75, 3.05) is 0 Å². The van der Waals surface area contributed by atoms with Gasteiger partial charge in [0.05, 0.1) is 0 Å². The molecule has 0 spiro atoms. The van der Waals surface area contributed by atoms with E-state index < -0.39 is 0 Å². The Kier molecular flexibility index (Phi) is 5.51. The molecule has 1 aromatic rings. The van der Waals surface area contributed by atoms with E-state index in [4.69, 9.17) is 5.26 Å². The van der Waals surface area contributed by atoms with Gasteiger partial charge in [0, 0.05) is 12.7 Å². The van der Waals surface area contributed by atoms with E-state index in [1.54, 1.807) is 0 Å². The second kappa shape index (κ2) is 7.93. The lowest BCUT2D eigenvalue weighted by Crippen LogP contribution is -2.53. The number of aromatic nitrogens is 2. The van der Waals surface area contributed by atoms with Gasteiger partial charge in [0.25, 0.3) is 0 Å². The van der Waals surface area contributed by atoms with Crippen LogP contribution in [0.1, 0.15) is 97.6 Å². The van der Waals surface area contributed by atoms with Gasteiger partial charge in [-0.25, -0.2) is 0 Å². The molecule has 4 saturated carbocycles. The lowest BCUT2D eigenvalue weighted by molar-refractivity contribution is -0.121. The number of hydrogen-bond acceptors (Lipinski definition) is 2. The van der Waals surface area contributed by atoms with Crippen molar-refractivity contribution >= 4 is 0 Å². The fourth-order valence-corrected chi connectivity index (χ4v) is 9.64. The molecule has 5 rings (SSSR count). The number of fused-ring (bicyclic) bond motifs is 5. The topological polar surface area (TPSA) is 41.6 Å². The van der Waals surface area contributed by atoms with Crippen LogP contribution in [0.2, 0.25) is 0 Å². The minimum absolute atomic E-state index is 0.510. The second-order valence-electron chi connectivity index (χ2n) is 12.4. The summed E-state index contributed by atoms with van der Waals surface area (Å²) in [6, 6.07) is 4.03. The average Bonchev–Trinajstić information content (AvgIpc) is 3.36. The van der Waals surface area contributed by atoms with Crippen molar-refractivity contribution in [3.63, 3.8) is 0 Å². The first-order valence-electron chi connectivity index (χ1n) is 13.3. The maximum Gasteiger partial charge on any atom is 0.162 e. The van der Waals surface area contributed by atoms with E-state index in [0.29, 0.717) is 22.4 Å². The van der Waals surface area contributed by atoms with Crippen LogP contribution in [0.5, 0.6) is 0 Å². The van der Waals surface area contributed by atoms with E-state index >= 15 is 0 Å². The van der Waals surface area contributed by atoms with E-state index in [-0.39, 0.29) is 0 Å². The van der Waals surface area contributed by atoms with Crippen molar-refractivity contribution in [1.29, 1.82) is 5.26 Å². The SMILES string of the molecule is CCC1CCC2(C)C(CCC3C2CCC2(C)C(C(C)Cn4ccc(C#N)n4)CCC32)C1. The number of hydrogen-bond donors (Lipinski definition) is 0. The largest absolute Gasteiger partial charge is 0.271 e. The van der Waals surface area contributed by atoms with Gasteiger partial charge in [-0.3, -0.25) is 4.68 Å². The third-order valence-electron chi connectivity index (χ3n) is 11.3. The lowest BCUT2D eigenvalue weighted by atomic mass is 9.44. The van der Waals surface area contributed by atoms with Crippen LogP contribution in [0.4, 0.5) is 0 Å². The molecule has 0 N–H and O–H groups in total. The van der Waals surface area contributed by atoms with Gasteiger partial charge in [0.2, 0.25) is 0 Å². The Morgan fingerprint density at radius 1 is 1.10 bits per heavy atom. The van der Waals surface area contributed by atoms with Gasteiger partial charge in [0.15, 0.2) is 5.69 Å². The van der Waals surface area contributed by atoms with E-state index in [9.17, 15) is 0 Å². The molecular formula is C28H43N3. The predicted molar refractivity (Wildman–Crippen MR) is 125 cm³/mol. The Morgan fingerprint density at radius 3 is 2.61 bits per heavy atom. The summed E-state index contributed by atoms with van der Waals surface area (Å²) in [5, 5.41) is 13.6. The molecule has 0 radical (unpaired) electrons. The third-order valence-corrected chi connectivity index (χ3v) is 11.3. The summed E-state index contributed by atoms with van der Waals surface area (Å²) < 4.78 is 2.02. The van der Waals surface area contributed by atoms with Crippen LogP contribution in [0.25, 0.3) is 0 Å². The zero-order chi connectivity index (χ0) is 21.8. The molecule has 3 nitrogen and oxygen atoms in total. The average molecular weight is 422 g/mol. The molecule has 9 unspecified atom stereocenters. The maximum absolute atomic E-state index is 9.11. The Hall–Kier alpha value is -1.30. The van der Waals surface area contributed by atoms with Crippen LogP contribution in [-0.2, 0) is 6.54 Å². The van der Waals surface area contributed by atoms with Crippen molar-refractivity contribution in [3.8, 4) is 6.07 Å². The molecule has 4 aliphatic rings. The molecule has 3 heteroatoms. The second-order valence-corrected chi connectivity index (χ2v) is 12.4. The quantitative estimate of drug-likeness (QED) is 0.521. The van der Waals surface area contributed by atoms with Crippen LogP contribution in [0.3, 0.4) is 0 Å². The van der Waals surface area contributed by atoms with Gasteiger partial charge >= 0.3 is 0 Å². The van der Waals surface area contributed by atoms with Crippen molar-refractivity contribution in [2.24, 2.45) is 52.3 Å². The van der Waals surface area contributed by atoms with Crippen molar-refractivity contribution < 1.29 is 0 Å². The summed E-state index contributed by atoms with van der Waals surface area (Å²) in [4.78, 5) is 0. The van der Waals surface area contributed by atoms with E-state index in [1.165, 1.54) is 64.2 Å². The highest BCUT2D eigenvalue weighted by molar-refractivity contribution is 5.16. The fourth-order valence-electron chi connectivity index (χ4n) is 9.64. The molecule has 31 heavy (non-hydrogen) atoms. The summed E-state index contributed by atoms with van der Waals surface area (Å²) in [6.45, 7) is 11.2. The molecule has 4 fully saturated rings. The number of rotatable bonds is 4. The van der Waals surface area contributed by atoms with E-state index in [0.717, 1.165) is 42.1 Å². The highest BCUT2D eigenvalue weighted by atomic mass is 15.3. The van der Waals surface area contributed by atoms with Gasteiger partial charge < -0.3 is 0 Å². The van der Waals surface area contributed by atoms with Gasteiger partial charge in [-0.05, 0) is 116 Å². The smallest absolute Gasteiger partial charge is 0.162 e. The maximum atomic E-state index is 9.11. The predicted octanol–water partition coefficient (Wildman–Crippen LogP) is 7.08. The van der Waals surface area contributed by atoms with Crippen molar-refractivity contribution in [2.45, 2.75) is 98.4 Å². The van der Waals surface area contributed by atoms with Crippen LogP contribution >= 0.6 is 0 Å². The van der Waals surface area contributed by atoms with E-state index in [1.807, 2.05) is 16.9 Å². The molecule has 4 aliphatic carbocycles. The summed E-state index contributed by atoms with van der Waals surface area (Å²) in [6.07, 6.45) is 16.7. The highest BCUT2D eigenvalue weighted by Crippen LogP contribution is 2.68. The first-order chi connectivity index (χ1) is 14.9. The zero-order valence-corrected chi connectivity index (χ0v) is 20.3. The molecule has 0 saturated heterocycles. The first kappa shape index (κ1) is 21.5. The molecule has 0 aliphatic heterocycles. The Balaban J connectivity index is 1.32. The monoisotopic (exact) mass is 421 g/mol. The van der Waals surface area contributed by atoms with Gasteiger partial charge in [-0.2, -0.15) is 10.4 Å². The normalized spacial score (nSPS) is 45.3. The van der Waals surface area contributed by atoms with E-state index in [2.05, 4.69) is 38.9 Å². The lowest BCUT2D eigenvalue weighted by Gasteiger charge is -2.61. The number of nitrogens with zero attached hydrogens (tertiary/aromatic N) is 3. The Labute approximate surface area is 190 Å². The summed E-state index contributed by atoms with van der Waals surface area (Å²) in [7, 11) is 0. The molecule has 1 aromatic heterocycles. The van der Waals surface area contributed by atoms with Crippen LogP contribution in [0, 0.1) is 63.6 Å². The fraction of sp³-hybridized carbons (Fsp3) is 0.857. The standard InChI is InChI=1S/C28H43N3/c1-5-20-10-13-27(3)21(16-20)6-7-23-25-9-8-24(28(25,4)14-11-26(23)27)19(2)18-31-15-12-22(17-29)30-31/h12,15,19-21,23-26H,5-11,13-14,16,18H2,1-4H3. The molecular weight excluding hydrogens is 378 g/mol. The third kappa shape index (κ3) is 3.39. The molecule has 170 valence electrons. The van der Waals surface area contributed by atoms with Crippen molar-refractivity contribution in [3.05, 3.63) is 18.0 Å². The van der Waals surface area contributed by atoms with Crippen LogP contribution in [-0.4, -0.2) is 9.78 Å². The summed E-state index contributed by atoms with van der Waals surface area (Å²) >= 11 is 0. The minimum Gasteiger partial charge on any atom is -0.271 e. The van der Waals surface area contributed by atoms with Gasteiger partial charge in [-0.1, -0.05) is 34.1 Å². The summed E-state index contributed by atoms with van der Waals surface area (Å²) in [5.74, 6) is 6.34. The number of nitriles is 1. The van der Waals surface area contributed by atoms with Crippen LogP contribution in [0.15, 0.2) is 12.3 Å². The molecule has 0 aromatic carbocycles. The molecule has 0 bridgehead atoms. The van der Waals surface area contributed by atoms with Crippen LogP contribution < -0.4 is 0 Å². The zero-order valence-electron chi connectivity index (χ0n) is 20.3. The summed E-state index contributed by atoms with van der Waals surface area (Å²) in [5.41, 5.74) is 1.68. The van der Waals surface area contributed by atoms with Gasteiger partial charge in [0.1, 0.15) is 6.07 Å². The molecule has 0 amide bonds. The first-order valence-corrected chi connectivity index (χ1v) is 13.3. The Morgan fingerprint density at radius 2 is 1.87 bits per heavy atom. The molecule has 1 heterocycles.